The lowest BCUT2D eigenvalue weighted by Crippen LogP contribution is -2.40. The number of benzene rings is 1. The Morgan fingerprint density at radius 1 is 1.26 bits per heavy atom. The first-order valence-electron chi connectivity index (χ1n) is 7.66. The van der Waals surface area contributed by atoms with Crippen molar-refractivity contribution in [2.45, 2.75) is 26.3 Å². The number of nitrogens with zero attached hydrogens (tertiary/aromatic N) is 3. The highest BCUT2D eigenvalue weighted by Gasteiger charge is 2.06. The first kappa shape index (κ1) is 19.5. The van der Waals surface area contributed by atoms with Crippen molar-refractivity contribution in [3.8, 4) is 0 Å². The van der Waals surface area contributed by atoms with Crippen molar-refractivity contribution < 1.29 is 0 Å². The van der Waals surface area contributed by atoms with Crippen LogP contribution in [0.4, 0.5) is 0 Å². The summed E-state index contributed by atoms with van der Waals surface area (Å²) in [6, 6.07) is 8.70. The molecule has 2 N–H and O–H groups in total. The van der Waals surface area contributed by atoms with Crippen molar-refractivity contribution in [1.82, 2.24) is 20.2 Å². The highest BCUT2D eigenvalue weighted by Crippen LogP contribution is 2.14. The molecule has 23 heavy (non-hydrogen) atoms. The van der Waals surface area contributed by atoms with E-state index in [2.05, 4.69) is 58.7 Å². The van der Waals surface area contributed by atoms with Crippen molar-refractivity contribution in [2.75, 3.05) is 20.1 Å². The van der Waals surface area contributed by atoms with Crippen LogP contribution in [0.25, 0.3) is 0 Å². The number of imidazole rings is 1. The molecule has 1 unspecified atom stereocenters. The predicted molar refractivity (Wildman–Crippen MR) is 107 cm³/mol. The zero-order valence-electron chi connectivity index (χ0n) is 14.0. The first-order valence-corrected chi connectivity index (χ1v) is 7.66. The van der Waals surface area contributed by atoms with Gasteiger partial charge in [0.25, 0.3) is 0 Å². The van der Waals surface area contributed by atoms with Gasteiger partial charge in [-0.3, -0.25) is 4.99 Å². The molecule has 0 spiro atoms. The highest BCUT2D eigenvalue weighted by molar-refractivity contribution is 14.0. The number of nitrogens with one attached hydrogen (secondary N) is 2. The van der Waals surface area contributed by atoms with Crippen molar-refractivity contribution in [3.63, 3.8) is 0 Å². The van der Waals surface area contributed by atoms with Gasteiger partial charge in [0.2, 0.25) is 0 Å². The number of halogens is 1. The van der Waals surface area contributed by atoms with Crippen LogP contribution >= 0.6 is 24.0 Å². The fraction of sp³-hybridized carbons (Fsp3) is 0.412. The predicted octanol–water partition coefficient (Wildman–Crippen LogP) is 2.78. The maximum Gasteiger partial charge on any atom is 0.191 e. The van der Waals surface area contributed by atoms with Gasteiger partial charge in [-0.05, 0) is 18.4 Å². The summed E-state index contributed by atoms with van der Waals surface area (Å²) in [4.78, 5) is 8.28. The smallest absolute Gasteiger partial charge is 0.191 e. The molecule has 0 amide bonds. The van der Waals surface area contributed by atoms with Crippen LogP contribution < -0.4 is 10.6 Å². The molecule has 0 saturated heterocycles. The molecule has 6 heteroatoms. The molecule has 0 fully saturated rings. The topological polar surface area (TPSA) is 54.2 Å². The summed E-state index contributed by atoms with van der Waals surface area (Å²) >= 11 is 0. The van der Waals surface area contributed by atoms with E-state index in [4.69, 9.17) is 0 Å². The van der Waals surface area contributed by atoms with Gasteiger partial charge in [-0.1, -0.05) is 36.8 Å². The third-order valence-corrected chi connectivity index (χ3v) is 3.67. The lowest BCUT2D eigenvalue weighted by molar-refractivity contribution is 0.650. The van der Waals surface area contributed by atoms with Crippen molar-refractivity contribution in [1.29, 1.82) is 0 Å². The van der Waals surface area contributed by atoms with Crippen LogP contribution in [0.3, 0.4) is 0 Å². The summed E-state index contributed by atoms with van der Waals surface area (Å²) in [6.45, 7) is 6.87. The minimum Gasteiger partial charge on any atom is -0.356 e. The molecular weight excluding hydrogens is 401 g/mol. The van der Waals surface area contributed by atoms with Crippen molar-refractivity contribution >= 4 is 29.9 Å². The van der Waals surface area contributed by atoms with Gasteiger partial charge in [0.05, 0.1) is 6.33 Å². The van der Waals surface area contributed by atoms with Gasteiger partial charge in [0, 0.05) is 39.1 Å². The maximum atomic E-state index is 4.26. The van der Waals surface area contributed by atoms with E-state index in [1.807, 2.05) is 17.1 Å². The Bertz CT molecular complexity index is 578. The second-order valence-electron chi connectivity index (χ2n) is 5.49. The summed E-state index contributed by atoms with van der Waals surface area (Å²) in [5.41, 5.74) is 2.63. The van der Waals surface area contributed by atoms with E-state index in [0.717, 1.165) is 25.6 Å². The van der Waals surface area contributed by atoms with Crippen LogP contribution in [0.2, 0.25) is 0 Å². The van der Waals surface area contributed by atoms with Gasteiger partial charge < -0.3 is 15.2 Å². The van der Waals surface area contributed by atoms with Crippen LogP contribution in [-0.4, -0.2) is 35.6 Å². The Labute approximate surface area is 155 Å². The number of aliphatic imine (C=N–C) groups is 1. The second kappa shape index (κ2) is 10.3. The van der Waals surface area contributed by atoms with E-state index in [0.29, 0.717) is 5.92 Å². The van der Waals surface area contributed by atoms with Crippen molar-refractivity contribution in [3.05, 3.63) is 54.1 Å². The molecule has 0 aliphatic heterocycles. The SMILES string of the molecule is CN=C(NCCn1ccnc1)NCC(C)c1ccc(C)cc1.I. The first-order chi connectivity index (χ1) is 10.7. The van der Waals surface area contributed by atoms with Crippen LogP contribution in [0.5, 0.6) is 0 Å². The molecule has 1 atom stereocenters. The number of aryl methyl sites for hydroxylation is 1. The molecule has 0 radical (unpaired) electrons. The third kappa shape index (κ3) is 6.60. The van der Waals surface area contributed by atoms with E-state index in [9.17, 15) is 0 Å². The number of hydrogen-bond donors (Lipinski definition) is 2. The van der Waals surface area contributed by atoms with E-state index < -0.39 is 0 Å². The van der Waals surface area contributed by atoms with E-state index in [1.165, 1.54) is 11.1 Å². The Balaban J connectivity index is 0.00000264. The van der Waals surface area contributed by atoms with E-state index in [-0.39, 0.29) is 24.0 Å². The number of guanidine groups is 1. The second-order valence-corrected chi connectivity index (χ2v) is 5.49. The molecule has 0 saturated carbocycles. The molecule has 1 aromatic carbocycles. The Kier molecular flexibility index (Phi) is 8.68. The van der Waals surface area contributed by atoms with Crippen LogP contribution in [0.1, 0.15) is 24.0 Å². The maximum absolute atomic E-state index is 4.26. The van der Waals surface area contributed by atoms with Crippen LogP contribution in [0.15, 0.2) is 48.0 Å². The number of rotatable bonds is 6. The summed E-state index contributed by atoms with van der Waals surface area (Å²) in [7, 11) is 1.79. The van der Waals surface area contributed by atoms with Crippen LogP contribution in [-0.2, 0) is 6.54 Å². The number of hydrogen-bond acceptors (Lipinski definition) is 2. The quantitative estimate of drug-likeness (QED) is 0.424. The molecular formula is C17H26IN5. The molecule has 5 nitrogen and oxygen atoms in total. The molecule has 0 aliphatic rings. The third-order valence-electron chi connectivity index (χ3n) is 3.67. The zero-order chi connectivity index (χ0) is 15.8. The molecule has 126 valence electrons. The Hall–Kier alpha value is -1.57. The largest absolute Gasteiger partial charge is 0.356 e. The number of aromatic nitrogens is 2. The average molecular weight is 427 g/mol. The van der Waals surface area contributed by atoms with Gasteiger partial charge in [0.15, 0.2) is 5.96 Å². The fourth-order valence-corrected chi connectivity index (χ4v) is 2.21. The van der Waals surface area contributed by atoms with Crippen LogP contribution in [0, 0.1) is 6.92 Å². The van der Waals surface area contributed by atoms with Gasteiger partial charge in [0.1, 0.15) is 0 Å². The molecule has 0 bridgehead atoms. The van der Waals surface area contributed by atoms with Crippen molar-refractivity contribution in [2.24, 2.45) is 4.99 Å². The monoisotopic (exact) mass is 427 g/mol. The summed E-state index contributed by atoms with van der Waals surface area (Å²) in [5, 5.41) is 6.69. The molecule has 2 rings (SSSR count). The molecule has 2 aromatic rings. The summed E-state index contributed by atoms with van der Waals surface area (Å²) < 4.78 is 2.04. The summed E-state index contributed by atoms with van der Waals surface area (Å²) in [5.74, 6) is 1.27. The Morgan fingerprint density at radius 2 is 2.00 bits per heavy atom. The average Bonchev–Trinajstić information content (AvgIpc) is 3.04. The minimum absolute atomic E-state index is 0. The summed E-state index contributed by atoms with van der Waals surface area (Å²) in [6.07, 6.45) is 5.56. The molecule has 1 heterocycles. The highest BCUT2D eigenvalue weighted by atomic mass is 127. The molecule has 0 aliphatic carbocycles. The molecule has 1 aromatic heterocycles. The van der Waals surface area contributed by atoms with Gasteiger partial charge in [-0.15, -0.1) is 24.0 Å². The fourth-order valence-electron chi connectivity index (χ4n) is 2.21. The van der Waals surface area contributed by atoms with E-state index in [1.54, 1.807) is 13.2 Å². The van der Waals surface area contributed by atoms with Gasteiger partial charge in [-0.25, -0.2) is 4.98 Å². The normalized spacial score (nSPS) is 12.4. The zero-order valence-corrected chi connectivity index (χ0v) is 16.3. The van der Waals surface area contributed by atoms with Gasteiger partial charge >= 0.3 is 0 Å². The Morgan fingerprint density at radius 3 is 2.61 bits per heavy atom. The standard InChI is InChI=1S/C17H25N5.HI/c1-14-4-6-16(7-5-14)15(2)12-21-17(18-3)20-9-11-22-10-8-19-13-22;/h4-8,10,13,15H,9,11-12H2,1-3H3,(H2,18,20,21);1H. The lowest BCUT2D eigenvalue weighted by Gasteiger charge is -2.16. The van der Waals surface area contributed by atoms with E-state index >= 15 is 0 Å². The minimum atomic E-state index is 0. The lowest BCUT2D eigenvalue weighted by atomic mass is 10.0. The van der Waals surface area contributed by atoms with Gasteiger partial charge in [-0.2, -0.15) is 0 Å².